The van der Waals surface area contributed by atoms with Crippen LogP contribution < -0.4 is 10.6 Å². The summed E-state index contributed by atoms with van der Waals surface area (Å²) in [6.07, 6.45) is 2.65. The van der Waals surface area contributed by atoms with Gasteiger partial charge in [0.1, 0.15) is 5.82 Å². The number of carbonyl (C=O) groups is 1. The monoisotopic (exact) mass is 235 g/mol. The Morgan fingerprint density at radius 2 is 2.35 bits per heavy atom. The molecule has 2 atom stereocenters. The third-order valence-corrected chi connectivity index (χ3v) is 3.33. The van der Waals surface area contributed by atoms with Gasteiger partial charge >= 0.3 is 5.97 Å². The zero-order valence-corrected chi connectivity index (χ0v) is 10.1. The molecule has 1 saturated carbocycles. The van der Waals surface area contributed by atoms with Crippen molar-refractivity contribution >= 4 is 17.5 Å². The first-order valence-corrected chi connectivity index (χ1v) is 5.69. The molecule has 0 spiro atoms. The summed E-state index contributed by atoms with van der Waals surface area (Å²) in [5, 5.41) is 8.98. The number of hydrogen-bond acceptors (Lipinski definition) is 4. The highest BCUT2D eigenvalue weighted by atomic mass is 16.4. The molecule has 2 rings (SSSR count). The van der Waals surface area contributed by atoms with Crippen LogP contribution in [-0.2, 0) is 0 Å². The molecule has 0 radical (unpaired) electrons. The lowest BCUT2D eigenvalue weighted by molar-refractivity contribution is 0.0698. The second kappa shape index (κ2) is 4.24. The van der Waals surface area contributed by atoms with Crippen molar-refractivity contribution in [1.29, 1.82) is 0 Å². The van der Waals surface area contributed by atoms with Crippen LogP contribution in [-0.4, -0.2) is 29.7 Å². The third kappa shape index (κ3) is 2.49. The first-order chi connectivity index (χ1) is 7.99. The van der Waals surface area contributed by atoms with Gasteiger partial charge in [0.15, 0.2) is 0 Å². The summed E-state index contributed by atoms with van der Waals surface area (Å²) in [7, 11) is 1.93. The quantitative estimate of drug-likeness (QED) is 0.825. The number of carboxylic acid groups (broad SMARTS) is 1. The number of aromatic nitrogens is 1. The standard InChI is InChI=1S/C12H17N3O2/c1-7-3-8(7)6-15(2)11-4-9(12(16)17)10(13)5-14-11/h4-5,7-8H,3,6,13H2,1-2H3,(H,16,17). The van der Waals surface area contributed by atoms with E-state index in [0.29, 0.717) is 11.7 Å². The van der Waals surface area contributed by atoms with Crippen molar-refractivity contribution < 1.29 is 9.90 Å². The summed E-state index contributed by atoms with van der Waals surface area (Å²) < 4.78 is 0. The molecular formula is C12H17N3O2. The average molecular weight is 235 g/mol. The molecule has 92 valence electrons. The van der Waals surface area contributed by atoms with E-state index in [1.54, 1.807) is 0 Å². The van der Waals surface area contributed by atoms with Crippen LogP contribution >= 0.6 is 0 Å². The number of anilines is 2. The highest BCUT2D eigenvalue weighted by Gasteiger charge is 2.33. The molecule has 0 saturated heterocycles. The Bertz CT molecular complexity index is 447. The molecule has 1 aromatic heterocycles. The van der Waals surface area contributed by atoms with E-state index in [0.717, 1.165) is 12.5 Å². The van der Waals surface area contributed by atoms with Crippen LogP contribution in [0, 0.1) is 11.8 Å². The molecule has 0 aliphatic heterocycles. The van der Waals surface area contributed by atoms with Gasteiger partial charge in [-0.25, -0.2) is 9.78 Å². The summed E-state index contributed by atoms with van der Waals surface area (Å²) in [5.74, 6) is 1.12. The van der Waals surface area contributed by atoms with Crippen LogP contribution in [0.4, 0.5) is 11.5 Å². The maximum atomic E-state index is 11.0. The van der Waals surface area contributed by atoms with Gasteiger partial charge in [0.25, 0.3) is 0 Å². The summed E-state index contributed by atoms with van der Waals surface area (Å²) in [4.78, 5) is 17.1. The Morgan fingerprint density at radius 1 is 1.71 bits per heavy atom. The zero-order chi connectivity index (χ0) is 12.6. The molecule has 1 heterocycles. The molecule has 0 amide bonds. The van der Waals surface area contributed by atoms with E-state index in [-0.39, 0.29) is 11.3 Å². The first kappa shape index (κ1) is 11.7. The molecule has 0 aromatic carbocycles. The second-order valence-corrected chi connectivity index (χ2v) is 4.79. The number of carboxylic acids is 1. The number of nitrogens with zero attached hydrogens (tertiary/aromatic N) is 2. The predicted molar refractivity (Wildman–Crippen MR) is 66.1 cm³/mol. The van der Waals surface area contributed by atoms with Gasteiger partial charge in [0, 0.05) is 13.6 Å². The van der Waals surface area contributed by atoms with Crippen molar-refractivity contribution in [3.63, 3.8) is 0 Å². The van der Waals surface area contributed by atoms with Crippen LogP contribution in [0.1, 0.15) is 23.7 Å². The van der Waals surface area contributed by atoms with Crippen molar-refractivity contribution in [3.8, 4) is 0 Å². The Morgan fingerprint density at radius 3 is 2.88 bits per heavy atom. The highest BCUT2D eigenvalue weighted by molar-refractivity contribution is 5.94. The van der Waals surface area contributed by atoms with Crippen molar-refractivity contribution in [1.82, 2.24) is 4.98 Å². The van der Waals surface area contributed by atoms with Gasteiger partial charge in [-0.15, -0.1) is 0 Å². The minimum Gasteiger partial charge on any atom is -0.478 e. The van der Waals surface area contributed by atoms with Gasteiger partial charge in [-0.3, -0.25) is 0 Å². The van der Waals surface area contributed by atoms with E-state index < -0.39 is 5.97 Å². The molecular weight excluding hydrogens is 218 g/mol. The fraction of sp³-hybridized carbons (Fsp3) is 0.500. The SMILES string of the molecule is CC1CC1CN(C)c1cc(C(=O)O)c(N)cn1. The average Bonchev–Trinajstić information content (AvgIpc) is 2.94. The number of pyridine rings is 1. The van der Waals surface area contributed by atoms with Crippen molar-refractivity contribution in [3.05, 3.63) is 17.8 Å². The maximum Gasteiger partial charge on any atom is 0.337 e. The molecule has 5 nitrogen and oxygen atoms in total. The first-order valence-electron chi connectivity index (χ1n) is 5.69. The van der Waals surface area contributed by atoms with Crippen LogP contribution in [0.15, 0.2) is 12.3 Å². The van der Waals surface area contributed by atoms with E-state index in [1.165, 1.54) is 18.7 Å². The molecule has 3 N–H and O–H groups in total. The van der Waals surface area contributed by atoms with Gasteiger partial charge in [0.2, 0.25) is 0 Å². The third-order valence-electron chi connectivity index (χ3n) is 3.33. The summed E-state index contributed by atoms with van der Waals surface area (Å²) in [6.45, 7) is 3.13. The van der Waals surface area contributed by atoms with E-state index in [4.69, 9.17) is 10.8 Å². The van der Waals surface area contributed by atoms with Crippen molar-refractivity contribution in [2.24, 2.45) is 11.8 Å². The van der Waals surface area contributed by atoms with Gasteiger partial charge in [0.05, 0.1) is 17.4 Å². The number of aromatic carboxylic acids is 1. The largest absolute Gasteiger partial charge is 0.478 e. The van der Waals surface area contributed by atoms with E-state index in [1.807, 2.05) is 11.9 Å². The van der Waals surface area contributed by atoms with Crippen LogP contribution in [0.3, 0.4) is 0 Å². The van der Waals surface area contributed by atoms with Gasteiger partial charge < -0.3 is 15.7 Å². The molecule has 1 aromatic rings. The molecule has 17 heavy (non-hydrogen) atoms. The fourth-order valence-electron chi connectivity index (χ4n) is 1.95. The Balaban J connectivity index is 2.14. The number of hydrogen-bond donors (Lipinski definition) is 2. The lowest BCUT2D eigenvalue weighted by Gasteiger charge is -2.18. The highest BCUT2D eigenvalue weighted by Crippen LogP contribution is 2.38. The summed E-state index contributed by atoms with van der Waals surface area (Å²) >= 11 is 0. The smallest absolute Gasteiger partial charge is 0.337 e. The maximum absolute atomic E-state index is 11.0. The summed E-state index contributed by atoms with van der Waals surface area (Å²) in [6, 6.07) is 1.53. The normalized spacial score (nSPS) is 22.2. The van der Waals surface area contributed by atoms with Crippen molar-refractivity contribution in [2.45, 2.75) is 13.3 Å². The van der Waals surface area contributed by atoms with Gasteiger partial charge in [-0.2, -0.15) is 0 Å². The van der Waals surface area contributed by atoms with Gasteiger partial charge in [-0.1, -0.05) is 6.92 Å². The molecule has 0 bridgehead atoms. The lowest BCUT2D eigenvalue weighted by Crippen LogP contribution is -2.22. The molecule has 2 unspecified atom stereocenters. The molecule has 1 aliphatic rings. The number of nitrogens with two attached hydrogens (primary N) is 1. The van der Waals surface area contributed by atoms with Crippen molar-refractivity contribution in [2.75, 3.05) is 24.2 Å². The Labute approximate surface area is 100 Å². The topological polar surface area (TPSA) is 79.5 Å². The number of rotatable bonds is 4. The zero-order valence-electron chi connectivity index (χ0n) is 10.1. The minimum atomic E-state index is -1.01. The van der Waals surface area contributed by atoms with E-state index in [2.05, 4.69) is 11.9 Å². The Hall–Kier alpha value is -1.78. The van der Waals surface area contributed by atoms with Gasteiger partial charge in [-0.05, 0) is 24.3 Å². The molecule has 1 fully saturated rings. The van der Waals surface area contributed by atoms with E-state index >= 15 is 0 Å². The Kier molecular flexibility index (Phi) is 2.92. The summed E-state index contributed by atoms with van der Waals surface area (Å²) in [5.41, 5.74) is 5.88. The second-order valence-electron chi connectivity index (χ2n) is 4.79. The minimum absolute atomic E-state index is 0.116. The number of nitrogen functional groups attached to an aromatic ring is 1. The van der Waals surface area contributed by atoms with Crippen LogP contribution in [0.2, 0.25) is 0 Å². The molecule has 1 aliphatic carbocycles. The van der Waals surface area contributed by atoms with Crippen LogP contribution in [0.5, 0.6) is 0 Å². The van der Waals surface area contributed by atoms with E-state index in [9.17, 15) is 4.79 Å². The fourth-order valence-corrected chi connectivity index (χ4v) is 1.95. The predicted octanol–water partition coefficient (Wildman–Crippen LogP) is 1.45. The van der Waals surface area contributed by atoms with Crippen LogP contribution in [0.25, 0.3) is 0 Å². The lowest BCUT2D eigenvalue weighted by atomic mass is 10.2. The molecule has 5 heteroatoms.